The summed E-state index contributed by atoms with van der Waals surface area (Å²) in [5.41, 5.74) is 16.2. The van der Waals surface area contributed by atoms with Gasteiger partial charge in [0, 0.05) is 18.7 Å². The number of nitrogens with zero attached hydrogens (tertiary/aromatic N) is 1. The van der Waals surface area contributed by atoms with Crippen molar-refractivity contribution in [3.8, 4) is 0 Å². The largest absolute Gasteiger partial charge is 0.481 e. The molecule has 0 aromatic carbocycles. The van der Waals surface area contributed by atoms with Gasteiger partial charge >= 0.3 is 11.9 Å². The molecule has 0 saturated heterocycles. The predicted octanol–water partition coefficient (Wildman–Crippen LogP) is -2.64. The molecule has 34 heavy (non-hydrogen) atoms. The maximum atomic E-state index is 12.9. The van der Waals surface area contributed by atoms with E-state index in [1.54, 1.807) is 13.8 Å². The van der Waals surface area contributed by atoms with E-state index in [-0.39, 0.29) is 43.9 Å². The molecule has 0 aromatic rings. The molecule has 0 fully saturated rings. The van der Waals surface area contributed by atoms with E-state index in [4.69, 9.17) is 27.4 Å². The maximum Gasteiger partial charge on any atom is 0.327 e. The highest BCUT2D eigenvalue weighted by atomic mass is 32.1. The molecular formula is C19H35N7O7S. The standard InChI is InChI=1S/C19H35N7O7S/c1-9(2)14(26-15(29)10(20)5-6-13(27)28)17(31)24-11(4-3-7-23-19(21)22)16(30)25-12(8-34)18(32)33/h9-12,14,34H,3-8,20H2,1-2H3,(H,24,31)(H,25,30)(H,26,29)(H,27,28)(H,32,33)(H4,21,22,23). The molecule has 0 saturated carbocycles. The van der Waals surface area contributed by atoms with E-state index < -0.39 is 59.7 Å². The van der Waals surface area contributed by atoms with Crippen molar-refractivity contribution in [2.24, 2.45) is 28.1 Å². The van der Waals surface area contributed by atoms with Crippen LogP contribution in [0.3, 0.4) is 0 Å². The number of nitrogens with two attached hydrogens (primary N) is 3. The first-order valence-corrected chi connectivity index (χ1v) is 11.2. The van der Waals surface area contributed by atoms with E-state index in [9.17, 15) is 24.0 Å². The van der Waals surface area contributed by atoms with Crippen LogP contribution in [0.1, 0.15) is 39.5 Å². The van der Waals surface area contributed by atoms with Crippen LogP contribution in [0.25, 0.3) is 0 Å². The van der Waals surface area contributed by atoms with Crippen molar-refractivity contribution in [1.29, 1.82) is 0 Å². The molecule has 14 nitrogen and oxygen atoms in total. The summed E-state index contributed by atoms with van der Waals surface area (Å²) >= 11 is 3.90. The fourth-order valence-electron chi connectivity index (χ4n) is 2.70. The van der Waals surface area contributed by atoms with Crippen molar-refractivity contribution in [1.82, 2.24) is 16.0 Å². The third-order valence-corrected chi connectivity index (χ3v) is 4.99. The summed E-state index contributed by atoms with van der Waals surface area (Å²) in [6.07, 6.45) is -0.0808. The number of hydrogen-bond donors (Lipinski definition) is 9. The Morgan fingerprint density at radius 3 is 1.97 bits per heavy atom. The number of carbonyl (C=O) groups excluding carboxylic acids is 3. The molecule has 0 aliphatic heterocycles. The van der Waals surface area contributed by atoms with E-state index in [1.165, 1.54) is 0 Å². The average Bonchev–Trinajstić information content (AvgIpc) is 2.74. The van der Waals surface area contributed by atoms with Gasteiger partial charge in [-0.2, -0.15) is 12.6 Å². The molecule has 0 aromatic heterocycles. The van der Waals surface area contributed by atoms with Gasteiger partial charge in [0.1, 0.15) is 18.1 Å². The second-order valence-corrected chi connectivity index (χ2v) is 8.23. The van der Waals surface area contributed by atoms with Gasteiger partial charge in [-0.25, -0.2) is 4.79 Å². The number of aliphatic carboxylic acids is 2. The maximum absolute atomic E-state index is 12.9. The number of carbonyl (C=O) groups is 5. The number of thiol groups is 1. The fraction of sp³-hybridized carbons (Fsp3) is 0.684. The number of aliphatic imine (C=N–C) groups is 1. The summed E-state index contributed by atoms with van der Waals surface area (Å²) < 4.78 is 0. The molecule has 0 aliphatic carbocycles. The van der Waals surface area contributed by atoms with Gasteiger partial charge in [0.15, 0.2) is 5.96 Å². The summed E-state index contributed by atoms with van der Waals surface area (Å²) in [5, 5.41) is 25.2. The van der Waals surface area contributed by atoms with Crippen molar-refractivity contribution in [3.05, 3.63) is 0 Å². The molecule has 0 aliphatic rings. The first kappa shape index (κ1) is 30.9. The molecule has 0 rings (SSSR count). The Morgan fingerprint density at radius 2 is 1.50 bits per heavy atom. The minimum absolute atomic E-state index is 0.0736. The van der Waals surface area contributed by atoms with Gasteiger partial charge in [-0.05, 0) is 25.2 Å². The lowest BCUT2D eigenvalue weighted by atomic mass is 10.0. The summed E-state index contributed by atoms with van der Waals surface area (Å²) in [5.74, 6) is -5.31. The Morgan fingerprint density at radius 1 is 0.912 bits per heavy atom. The highest BCUT2D eigenvalue weighted by molar-refractivity contribution is 7.80. The lowest BCUT2D eigenvalue weighted by Gasteiger charge is -2.26. The van der Waals surface area contributed by atoms with Gasteiger partial charge in [0.05, 0.1) is 6.04 Å². The highest BCUT2D eigenvalue weighted by Crippen LogP contribution is 2.07. The summed E-state index contributed by atoms with van der Waals surface area (Å²) in [4.78, 5) is 63.6. The van der Waals surface area contributed by atoms with Crippen LogP contribution in [0.15, 0.2) is 4.99 Å². The minimum Gasteiger partial charge on any atom is -0.481 e. The van der Waals surface area contributed by atoms with Gasteiger partial charge in [0.2, 0.25) is 17.7 Å². The topological polar surface area (TPSA) is 252 Å². The zero-order valence-corrected chi connectivity index (χ0v) is 20.1. The molecular weight excluding hydrogens is 470 g/mol. The third-order valence-electron chi connectivity index (χ3n) is 4.63. The smallest absolute Gasteiger partial charge is 0.327 e. The second kappa shape index (κ2) is 15.7. The number of amides is 3. The Balaban J connectivity index is 5.42. The summed E-state index contributed by atoms with van der Waals surface area (Å²) in [6, 6.07) is -4.66. The van der Waals surface area contributed by atoms with Crippen LogP contribution in [0.5, 0.6) is 0 Å². The summed E-state index contributed by atoms with van der Waals surface area (Å²) in [6.45, 7) is 3.48. The van der Waals surface area contributed by atoms with Gasteiger partial charge < -0.3 is 43.4 Å². The Hall–Kier alpha value is -3.07. The minimum atomic E-state index is -1.29. The van der Waals surface area contributed by atoms with Crippen LogP contribution in [0, 0.1) is 5.92 Å². The SMILES string of the molecule is CC(C)C(NC(=O)C(N)CCC(=O)O)C(=O)NC(CCCN=C(N)N)C(=O)NC(CS)C(=O)O. The lowest BCUT2D eigenvalue weighted by Crippen LogP contribution is -2.58. The quantitative estimate of drug-likeness (QED) is 0.0456. The molecule has 11 N–H and O–H groups in total. The molecule has 194 valence electrons. The van der Waals surface area contributed by atoms with E-state index in [0.29, 0.717) is 0 Å². The van der Waals surface area contributed by atoms with Crippen LogP contribution < -0.4 is 33.2 Å². The van der Waals surface area contributed by atoms with Crippen molar-refractivity contribution >= 4 is 48.2 Å². The normalized spacial score (nSPS) is 14.3. The molecule has 0 heterocycles. The zero-order chi connectivity index (χ0) is 26.4. The van der Waals surface area contributed by atoms with E-state index in [2.05, 4.69) is 33.6 Å². The van der Waals surface area contributed by atoms with Crippen LogP contribution in [-0.2, 0) is 24.0 Å². The van der Waals surface area contributed by atoms with Crippen molar-refractivity contribution in [3.63, 3.8) is 0 Å². The monoisotopic (exact) mass is 505 g/mol. The first-order valence-electron chi connectivity index (χ1n) is 10.6. The van der Waals surface area contributed by atoms with Gasteiger partial charge in [-0.15, -0.1) is 0 Å². The van der Waals surface area contributed by atoms with Crippen molar-refractivity contribution < 1.29 is 34.2 Å². The Labute approximate surface area is 202 Å². The number of carboxylic acids is 2. The molecule has 3 amide bonds. The highest BCUT2D eigenvalue weighted by Gasteiger charge is 2.31. The van der Waals surface area contributed by atoms with Gasteiger partial charge in [-0.3, -0.25) is 24.2 Å². The average molecular weight is 506 g/mol. The van der Waals surface area contributed by atoms with Gasteiger partial charge in [0.25, 0.3) is 0 Å². The van der Waals surface area contributed by atoms with Crippen molar-refractivity contribution in [2.45, 2.75) is 63.7 Å². The number of hydrogen-bond acceptors (Lipinski definition) is 8. The van der Waals surface area contributed by atoms with E-state index in [1.807, 2.05) is 0 Å². The van der Waals surface area contributed by atoms with Crippen molar-refractivity contribution in [2.75, 3.05) is 12.3 Å². The molecule has 15 heteroatoms. The van der Waals surface area contributed by atoms with Crippen LogP contribution in [0.4, 0.5) is 0 Å². The second-order valence-electron chi connectivity index (χ2n) is 7.86. The Kier molecular flexibility index (Phi) is 14.3. The number of rotatable bonds is 16. The van der Waals surface area contributed by atoms with Crippen LogP contribution in [0.2, 0.25) is 0 Å². The van der Waals surface area contributed by atoms with E-state index in [0.717, 1.165) is 0 Å². The number of nitrogens with one attached hydrogen (secondary N) is 3. The molecule has 0 spiro atoms. The van der Waals surface area contributed by atoms with E-state index >= 15 is 0 Å². The first-order chi connectivity index (χ1) is 15.8. The fourth-order valence-corrected chi connectivity index (χ4v) is 2.94. The third kappa shape index (κ3) is 12.2. The lowest BCUT2D eigenvalue weighted by molar-refractivity contribution is -0.142. The Bertz CT molecular complexity index is 759. The number of guanidine groups is 1. The molecule has 4 atom stereocenters. The van der Waals surface area contributed by atoms with Crippen LogP contribution in [-0.4, -0.2) is 82.3 Å². The van der Waals surface area contributed by atoms with Gasteiger partial charge in [-0.1, -0.05) is 13.8 Å². The molecule has 4 unspecified atom stereocenters. The molecule has 0 radical (unpaired) electrons. The predicted molar refractivity (Wildman–Crippen MR) is 127 cm³/mol. The summed E-state index contributed by atoms with van der Waals surface area (Å²) in [7, 11) is 0. The zero-order valence-electron chi connectivity index (χ0n) is 19.2. The molecule has 0 bridgehead atoms. The van der Waals surface area contributed by atoms with Crippen LogP contribution >= 0.6 is 12.6 Å². The number of carboxylic acid groups (broad SMARTS) is 2.